The van der Waals surface area contributed by atoms with Gasteiger partial charge in [0.1, 0.15) is 23.1 Å². The molecule has 0 bridgehead atoms. The van der Waals surface area contributed by atoms with Gasteiger partial charge in [-0.25, -0.2) is 4.39 Å². The van der Waals surface area contributed by atoms with Gasteiger partial charge in [-0.3, -0.25) is 19.3 Å². The Morgan fingerprint density at radius 3 is 2.19 bits per heavy atom. The van der Waals surface area contributed by atoms with Crippen LogP contribution in [0, 0.1) is 19.7 Å². The Bertz CT molecular complexity index is 1390. The zero-order chi connectivity index (χ0) is 26.1. The Balaban J connectivity index is 1.96. The summed E-state index contributed by atoms with van der Waals surface area (Å²) >= 11 is 0. The van der Waals surface area contributed by atoms with Gasteiger partial charge in [0.2, 0.25) is 0 Å². The van der Waals surface area contributed by atoms with Gasteiger partial charge in [-0.15, -0.1) is 0 Å². The van der Waals surface area contributed by atoms with E-state index in [1.807, 2.05) is 19.9 Å². The third-order valence-electron chi connectivity index (χ3n) is 5.80. The van der Waals surface area contributed by atoms with Crippen LogP contribution in [0.2, 0.25) is 0 Å². The highest BCUT2D eigenvalue weighted by molar-refractivity contribution is 6.51. The molecule has 1 atom stereocenters. The quantitative estimate of drug-likeness (QED) is 0.178. The Morgan fingerprint density at radius 2 is 1.61 bits per heavy atom. The number of rotatable bonds is 5. The summed E-state index contributed by atoms with van der Waals surface area (Å²) in [5.41, 5.74) is 2.42. The zero-order valence-corrected chi connectivity index (χ0v) is 20.2. The molecule has 1 N–H and O–H groups in total. The van der Waals surface area contributed by atoms with Gasteiger partial charge in [0.05, 0.1) is 24.3 Å². The van der Waals surface area contributed by atoms with Crippen LogP contribution in [0.5, 0.6) is 11.5 Å². The number of esters is 1. The second-order valence-corrected chi connectivity index (χ2v) is 8.52. The van der Waals surface area contributed by atoms with E-state index < -0.39 is 35.3 Å². The van der Waals surface area contributed by atoms with Crippen LogP contribution in [-0.4, -0.2) is 29.9 Å². The van der Waals surface area contributed by atoms with Gasteiger partial charge in [0, 0.05) is 12.6 Å². The highest BCUT2D eigenvalue weighted by Gasteiger charge is 2.47. The second kappa shape index (κ2) is 9.65. The standard InChI is InChI=1S/C28H24FNO6/c1-15-11-16(2)13-20(12-15)30-25(18-5-8-21(9-6-18)36-17(3)31)24(27(33)28(30)34)26(32)22-14-19(29)7-10-23(22)35-4/h5-14,25,32H,1-4H3/b26-24+. The number of aryl methyl sites for hydroxylation is 2. The smallest absolute Gasteiger partial charge is 0.308 e. The van der Waals surface area contributed by atoms with Crippen LogP contribution >= 0.6 is 0 Å². The molecule has 1 heterocycles. The number of hydrogen-bond acceptors (Lipinski definition) is 6. The summed E-state index contributed by atoms with van der Waals surface area (Å²) in [6.45, 7) is 5.01. The van der Waals surface area contributed by atoms with Crippen molar-refractivity contribution in [2.75, 3.05) is 12.0 Å². The lowest BCUT2D eigenvalue weighted by Crippen LogP contribution is -2.29. The summed E-state index contributed by atoms with van der Waals surface area (Å²) < 4.78 is 24.5. The first-order chi connectivity index (χ1) is 17.1. The normalized spacial score (nSPS) is 16.8. The molecule has 4 rings (SSSR count). The van der Waals surface area contributed by atoms with E-state index >= 15 is 0 Å². The molecule has 1 aliphatic rings. The van der Waals surface area contributed by atoms with E-state index in [1.165, 1.54) is 37.1 Å². The van der Waals surface area contributed by atoms with E-state index in [4.69, 9.17) is 9.47 Å². The van der Waals surface area contributed by atoms with Crippen molar-refractivity contribution >= 4 is 29.1 Å². The van der Waals surface area contributed by atoms with Crippen molar-refractivity contribution in [3.63, 3.8) is 0 Å². The maximum Gasteiger partial charge on any atom is 0.308 e. The van der Waals surface area contributed by atoms with Crippen LogP contribution in [0.1, 0.15) is 35.2 Å². The van der Waals surface area contributed by atoms with Crippen LogP contribution < -0.4 is 14.4 Å². The minimum atomic E-state index is -1.04. The fourth-order valence-corrected chi connectivity index (χ4v) is 4.40. The SMILES string of the molecule is COc1ccc(F)cc1/C(O)=C1\C(=O)C(=O)N(c2cc(C)cc(C)c2)C1c1ccc(OC(C)=O)cc1. The van der Waals surface area contributed by atoms with E-state index in [1.54, 1.807) is 24.3 Å². The fourth-order valence-electron chi connectivity index (χ4n) is 4.40. The highest BCUT2D eigenvalue weighted by Crippen LogP contribution is 2.44. The van der Waals surface area contributed by atoms with Crippen LogP contribution in [0.25, 0.3) is 5.76 Å². The van der Waals surface area contributed by atoms with Crippen molar-refractivity contribution in [3.8, 4) is 11.5 Å². The molecule has 0 radical (unpaired) electrons. The van der Waals surface area contributed by atoms with Crippen LogP contribution in [0.15, 0.2) is 66.2 Å². The molecule has 0 aliphatic carbocycles. The number of ketones is 1. The molecular weight excluding hydrogens is 465 g/mol. The molecule has 1 unspecified atom stereocenters. The number of carbonyl (C=O) groups excluding carboxylic acids is 3. The van der Waals surface area contributed by atoms with Crippen molar-refractivity contribution < 1.29 is 33.4 Å². The van der Waals surface area contributed by atoms with Gasteiger partial charge in [-0.2, -0.15) is 0 Å². The topological polar surface area (TPSA) is 93.1 Å². The maximum absolute atomic E-state index is 14.1. The van der Waals surface area contributed by atoms with Crippen LogP contribution in [0.3, 0.4) is 0 Å². The first kappa shape index (κ1) is 24.7. The van der Waals surface area contributed by atoms with Gasteiger partial charge in [-0.05, 0) is 73.0 Å². The highest BCUT2D eigenvalue weighted by atomic mass is 19.1. The molecule has 184 valence electrons. The summed E-state index contributed by atoms with van der Waals surface area (Å²) in [7, 11) is 1.35. The minimum absolute atomic E-state index is 0.0579. The van der Waals surface area contributed by atoms with Crippen LogP contribution in [0.4, 0.5) is 10.1 Å². The monoisotopic (exact) mass is 489 g/mol. The van der Waals surface area contributed by atoms with Crippen LogP contribution in [-0.2, 0) is 14.4 Å². The number of ether oxygens (including phenoxy) is 2. The Labute approximate surface area is 207 Å². The first-order valence-corrected chi connectivity index (χ1v) is 11.1. The zero-order valence-electron chi connectivity index (χ0n) is 20.2. The van der Waals surface area contributed by atoms with Crippen molar-refractivity contribution in [2.24, 2.45) is 0 Å². The molecule has 1 aliphatic heterocycles. The van der Waals surface area contributed by atoms with Gasteiger partial charge in [0.15, 0.2) is 0 Å². The van der Waals surface area contributed by atoms with Crippen molar-refractivity contribution in [1.82, 2.24) is 0 Å². The molecule has 0 spiro atoms. The number of carbonyl (C=O) groups is 3. The Kier molecular flexibility index (Phi) is 6.61. The average Bonchev–Trinajstić information content (AvgIpc) is 3.08. The third-order valence-corrected chi connectivity index (χ3v) is 5.80. The molecule has 1 amide bonds. The number of amides is 1. The third kappa shape index (κ3) is 4.57. The van der Waals surface area contributed by atoms with E-state index in [2.05, 4.69) is 0 Å². The molecular formula is C28H24FNO6. The van der Waals surface area contributed by atoms with E-state index in [0.717, 1.165) is 23.3 Å². The summed E-state index contributed by atoms with van der Waals surface area (Å²) in [5.74, 6) is -3.06. The van der Waals surface area contributed by atoms with Gasteiger partial charge in [-0.1, -0.05) is 18.2 Å². The molecule has 0 aromatic heterocycles. The minimum Gasteiger partial charge on any atom is -0.507 e. The molecule has 0 saturated carbocycles. The molecule has 7 nitrogen and oxygen atoms in total. The fraction of sp³-hybridized carbons (Fsp3) is 0.179. The summed E-state index contributed by atoms with van der Waals surface area (Å²) in [4.78, 5) is 39.3. The van der Waals surface area contributed by atoms with Crippen molar-refractivity contribution in [3.05, 3.63) is 94.3 Å². The molecule has 3 aromatic rings. The van der Waals surface area contributed by atoms with Crippen molar-refractivity contribution in [2.45, 2.75) is 26.8 Å². The average molecular weight is 489 g/mol. The summed E-state index contributed by atoms with van der Waals surface area (Å²) in [6, 6.07) is 14.2. The largest absolute Gasteiger partial charge is 0.507 e. The number of methoxy groups -OCH3 is 1. The van der Waals surface area contributed by atoms with Crippen molar-refractivity contribution in [1.29, 1.82) is 0 Å². The Hall–Kier alpha value is -4.46. The number of anilines is 1. The molecule has 1 saturated heterocycles. The van der Waals surface area contributed by atoms with Gasteiger partial charge in [0.25, 0.3) is 11.7 Å². The molecule has 3 aromatic carbocycles. The molecule has 1 fully saturated rings. The molecule has 8 heteroatoms. The number of Topliss-reactive ketones (excluding diaryl/α,β-unsaturated/α-hetero) is 1. The van der Waals surface area contributed by atoms with E-state index in [0.29, 0.717) is 11.3 Å². The number of aliphatic hydroxyl groups is 1. The number of aliphatic hydroxyl groups excluding tert-OH is 1. The van der Waals surface area contributed by atoms with E-state index in [-0.39, 0.29) is 22.6 Å². The number of hydrogen-bond donors (Lipinski definition) is 1. The lowest BCUT2D eigenvalue weighted by atomic mass is 9.94. The number of nitrogens with zero attached hydrogens (tertiary/aromatic N) is 1. The lowest BCUT2D eigenvalue weighted by Gasteiger charge is -2.26. The predicted molar refractivity (Wildman–Crippen MR) is 131 cm³/mol. The van der Waals surface area contributed by atoms with Gasteiger partial charge < -0.3 is 14.6 Å². The predicted octanol–water partition coefficient (Wildman–Crippen LogP) is 5.00. The number of halogens is 1. The molecule has 36 heavy (non-hydrogen) atoms. The second-order valence-electron chi connectivity index (χ2n) is 8.52. The van der Waals surface area contributed by atoms with Gasteiger partial charge >= 0.3 is 5.97 Å². The first-order valence-electron chi connectivity index (χ1n) is 11.1. The van der Waals surface area contributed by atoms with E-state index in [9.17, 15) is 23.9 Å². The maximum atomic E-state index is 14.1. The Morgan fingerprint density at radius 1 is 0.972 bits per heavy atom. The summed E-state index contributed by atoms with van der Waals surface area (Å²) in [6.07, 6.45) is 0. The number of benzene rings is 3. The summed E-state index contributed by atoms with van der Waals surface area (Å²) in [5, 5.41) is 11.3. The lowest BCUT2D eigenvalue weighted by molar-refractivity contribution is -0.132.